The fraction of sp³-hybridized carbons (Fsp3) is 0.929. The van der Waals surface area contributed by atoms with Crippen LogP contribution in [0.3, 0.4) is 0 Å². The van der Waals surface area contributed by atoms with E-state index in [0.717, 1.165) is 0 Å². The number of rotatable bonds is 2. The number of hydrogen-bond donors (Lipinski definition) is 6. The molecule has 3 fully saturated rings. The third-order valence-corrected chi connectivity index (χ3v) is 5.34. The van der Waals surface area contributed by atoms with E-state index >= 15 is 0 Å². The van der Waals surface area contributed by atoms with E-state index in [1.54, 1.807) is 13.8 Å². The van der Waals surface area contributed by atoms with Gasteiger partial charge in [0.25, 0.3) is 0 Å². The Morgan fingerprint density at radius 3 is 2.38 bits per heavy atom. The molecule has 1 saturated carbocycles. The van der Waals surface area contributed by atoms with E-state index in [1.165, 1.54) is 0 Å². The maximum absolute atomic E-state index is 11.9. The zero-order chi connectivity index (χ0) is 18.1. The van der Waals surface area contributed by atoms with E-state index in [4.69, 9.17) is 19.9 Å². The lowest BCUT2D eigenvalue weighted by molar-refractivity contribution is -0.307. The summed E-state index contributed by atoms with van der Waals surface area (Å²) in [6, 6.07) is 0. The zero-order valence-corrected chi connectivity index (χ0v) is 13.3. The van der Waals surface area contributed by atoms with Crippen LogP contribution in [0.5, 0.6) is 0 Å². The van der Waals surface area contributed by atoms with Crippen molar-refractivity contribution in [2.75, 3.05) is 13.2 Å². The van der Waals surface area contributed by atoms with Gasteiger partial charge >= 0.3 is 5.97 Å². The van der Waals surface area contributed by atoms with Gasteiger partial charge in [0.1, 0.15) is 18.3 Å². The highest BCUT2D eigenvalue weighted by molar-refractivity contribution is 5.78. The molecule has 7 N–H and O–H groups in total. The molecule has 2 bridgehead atoms. The van der Waals surface area contributed by atoms with E-state index in [-0.39, 0.29) is 6.61 Å². The fourth-order valence-electron chi connectivity index (χ4n) is 3.99. The van der Waals surface area contributed by atoms with Gasteiger partial charge in [-0.25, -0.2) is 4.79 Å². The summed E-state index contributed by atoms with van der Waals surface area (Å²) in [7, 11) is 0. The normalized spacial score (nSPS) is 53.8. The number of esters is 1. The number of fused-ring (bicyclic) bond motifs is 2. The second-order valence-electron chi connectivity index (χ2n) is 7.19. The van der Waals surface area contributed by atoms with Gasteiger partial charge in [-0.15, -0.1) is 0 Å². The average Bonchev–Trinajstić information content (AvgIpc) is 2.88. The molecule has 0 radical (unpaired) electrons. The van der Waals surface area contributed by atoms with E-state index in [2.05, 4.69) is 0 Å². The first-order chi connectivity index (χ1) is 11.0. The van der Waals surface area contributed by atoms with Crippen LogP contribution in [0.15, 0.2) is 0 Å². The molecule has 1 aliphatic carbocycles. The zero-order valence-electron chi connectivity index (χ0n) is 13.3. The van der Waals surface area contributed by atoms with Crippen LogP contribution >= 0.6 is 0 Å². The first-order valence-corrected chi connectivity index (χ1v) is 7.67. The smallest absolute Gasteiger partial charge is 0.337 e. The van der Waals surface area contributed by atoms with Crippen molar-refractivity contribution < 1.29 is 44.5 Å². The van der Waals surface area contributed by atoms with Crippen molar-refractivity contribution in [3.8, 4) is 0 Å². The van der Waals surface area contributed by atoms with Crippen molar-refractivity contribution in [3.05, 3.63) is 0 Å². The fourth-order valence-corrected chi connectivity index (χ4v) is 3.99. The van der Waals surface area contributed by atoms with Gasteiger partial charge in [-0.05, 0) is 13.8 Å². The number of carbonyl (C=O) groups is 1. The molecule has 3 aliphatic rings. The molecule has 5 unspecified atom stereocenters. The van der Waals surface area contributed by atoms with Crippen molar-refractivity contribution in [3.63, 3.8) is 0 Å². The summed E-state index contributed by atoms with van der Waals surface area (Å²) in [5.74, 6) is -3.26. The predicted molar refractivity (Wildman–Crippen MR) is 75.2 cm³/mol. The molecule has 0 amide bonds. The first-order valence-electron chi connectivity index (χ1n) is 7.67. The minimum Gasteiger partial charge on any atom is -0.457 e. The van der Waals surface area contributed by atoms with Crippen molar-refractivity contribution in [1.29, 1.82) is 0 Å². The van der Waals surface area contributed by atoms with Gasteiger partial charge in [0.15, 0.2) is 17.5 Å². The summed E-state index contributed by atoms with van der Waals surface area (Å²) in [5.41, 5.74) is 1.76. The molecule has 10 heteroatoms. The quantitative estimate of drug-likeness (QED) is 0.271. The van der Waals surface area contributed by atoms with Gasteiger partial charge in [0, 0.05) is 0 Å². The molecule has 0 aromatic carbocycles. The highest BCUT2D eigenvalue weighted by Crippen LogP contribution is 2.49. The first kappa shape index (κ1) is 18.0. The Bertz CT molecular complexity index is 542. The van der Waals surface area contributed by atoms with Crippen LogP contribution in [0.25, 0.3) is 0 Å². The van der Waals surface area contributed by atoms with Gasteiger partial charge in [-0.2, -0.15) is 0 Å². The van der Waals surface area contributed by atoms with Gasteiger partial charge in [-0.1, -0.05) is 0 Å². The topological polar surface area (TPSA) is 172 Å². The minimum absolute atomic E-state index is 0.00170. The molecule has 0 aromatic heterocycles. The highest BCUT2D eigenvalue weighted by atomic mass is 16.7. The van der Waals surface area contributed by atoms with Crippen LogP contribution in [-0.2, 0) is 19.0 Å². The summed E-state index contributed by atoms with van der Waals surface area (Å²) in [6.07, 6.45) is -8.14. The summed E-state index contributed by atoms with van der Waals surface area (Å²) >= 11 is 0. The minimum atomic E-state index is -2.36. The lowest BCUT2D eigenvalue weighted by Crippen LogP contribution is -2.86. The molecular formula is C14H23NO9. The Morgan fingerprint density at radius 1 is 1.25 bits per heavy atom. The summed E-state index contributed by atoms with van der Waals surface area (Å²) in [4.78, 5) is 11.9. The van der Waals surface area contributed by atoms with Crippen molar-refractivity contribution in [1.82, 2.24) is 0 Å². The SMILES string of the molecule is CC1(C)OCC(C2C3OC(=O)[C@@H](O)[C@]2(N)C(O)C(O)[C@]3(O)CO)O1. The number of ether oxygens (including phenoxy) is 3. The summed E-state index contributed by atoms with van der Waals surface area (Å²) in [6.45, 7) is 2.28. The van der Waals surface area contributed by atoms with Crippen LogP contribution in [0, 0.1) is 5.92 Å². The number of aliphatic hydroxyl groups excluding tert-OH is 4. The number of carbonyl (C=O) groups excluding carboxylic acids is 1. The van der Waals surface area contributed by atoms with E-state index in [0.29, 0.717) is 0 Å². The average molecular weight is 349 g/mol. The molecular weight excluding hydrogens is 326 g/mol. The Morgan fingerprint density at radius 2 is 1.88 bits per heavy atom. The Kier molecular flexibility index (Phi) is 3.98. The van der Waals surface area contributed by atoms with Crippen LogP contribution < -0.4 is 5.73 Å². The van der Waals surface area contributed by atoms with Crippen molar-refractivity contribution in [2.24, 2.45) is 11.7 Å². The Balaban J connectivity index is 2.10. The summed E-state index contributed by atoms with van der Waals surface area (Å²) < 4.78 is 16.2. The van der Waals surface area contributed by atoms with Crippen LogP contribution in [0.1, 0.15) is 13.8 Å². The number of aliphatic hydroxyl groups is 5. The lowest BCUT2D eigenvalue weighted by Gasteiger charge is -2.60. The van der Waals surface area contributed by atoms with Crippen molar-refractivity contribution in [2.45, 2.75) is 61.3 Å². The third-order valence-electron chi connectivity index (χ3n) is 5.34. The molecule has 10 nitrogen and oxygen atoms in total. The highest BCUT2D eigenvalue weighted by Gasteiger charge is 2.73. The predicted octanol–water partition coefficient (Wildman–Crippen LogP) is -3.80. The molecule has 2 heterocycles. The standard InChI is InChI=1S/C14H23NO9/c1-12(2)22-3-5(24-12)6-10-13(21,4-16)7(17)8(18)14(6,15)9(19)11(20)23-10/h5-10,16-19,21H,3-4,15H2,1-2H3/t5?,6?,7?,8?,9-,10?,13-,14-/m1/s1. The maximum atomic E-state index is 11.9. The van der Waals surface area contributed by atoms with Crippen LogP contribution in [0.4, 0.5) is 0 Å². The van der Waals surface area contributed by atoms with E-state index in [9.17, 15) is 30.3 Å². The molecule has 24 heavy (non-hydrogen) atoms. The lowest BCUT2D eigenvalue weighted by atomic mass is 9.57. The maximum Gasteiger partial charge on any atom is 0.337 e. The van der Waals surface area contributed by atoms with Gasteiger partial charge in [0.2, 0.25) is 0 Å². The van der Waals surface area contributed by atoms with Gasteiger partial charge < -0.3 is 45.5 Å². The monoisotopic (exact) mass is 349 g/mol. The van der Waals surface area contributed by atoms with Crippen LogP contribution in [0.2, 0.25) is 0 Å². The molecule has 138 valence electrons. The van der Waals surface area contributed by atoms with E-state index in [1.807, 2.05) is 0 Å². The van der Waals surface area contributed by atoms with E-state index < -0.39 is 65.9 Å². The largest absolute Gasteiger partial charge is 0.457 e. The molecule has 2 saturated heterocycles. The Hall–Kier alpha value is -0.850. The van der Waals surface area contributed by atoms with Gasteiger partial charge in [0.05, 0.1) is 30.8 Å². The number of hydrogen-bond acceptors (Lipinski definition) is 10. The van der Waals surface area contributed by atoms with Gasteiger partial charge in [-0.3, -0.25) is 0 Å². The molecule has 0 spiro atoms. The Labute approximate surface area is 137 Å². The number of nitrogens with two attached hydrogens (primary N) is 1. The van der Waals surface area contributed by atoms with Crippen LogP contribution in [-0.4, -0.2) is 92.2 Å². The second-order valence-corrected chi connectivity index (χ2v) is 7.19. The summed E-state index contributed by atoms with van der Waals surface area (Å²) in [5, 5.41) is 51.1. The molecule has 2 aliphatic heterocycles. The molecule has 0 aromatic rings. The molecule has 3 rings (SSSR count). The second kappa shape index (κ2) is 5.32. The third kappa shape index (κ3) is 2.15. The molecule has 8 atom stereocenters. The van der Waals surface area contributed by atoms with Crippen molar-refractivity contribution >= 4 is 5.97 Å².